The van der Waals surface area contributed by atoms with Gasteiger partial charge in [0.15, 0.2) is 0 Å². The number of fused-ring (bicyclic) bond motifs is 1. The molecule has 0 amide bonds. The highest BCUT2D eigenvalue weighted by atomic mass is 32.2. The Bertz CT molecular complexity index is 538. The van der Waals surface area contributed by atoms with Crippen LogP contribution >= 0.6 is 0 Å². The Hall–Kier alpha value is -1.05. The highest BCUT2D eigenvalue weighted by Gasteiger charge is 2.60. The molecule has 128 valence electrons. The molecular weight excluding hydrogens is 326 g/mol. The Morgan fingerprint density at radius 1 is 1.50 bits per heavy atom. The van der Waals surface area contributed by atoms with E-state index < -0.39 is 63.5 Å². The van der Waals surface area contributed by atoms with Crippen LogP contribution in [0, 0.1) is 10.1 Å². The fourth-order valence-electron chi connectivity index (χ4n) is 2.67. The summed E-state index contributed by atoms with van der Waals surface area (Å²) < 4.78 is 41.6. The Balaban J connectivity index is 2.23. The molecule has 0 aromatic heterocycles. The van der Waals surface area contributed by atoms with Crippen molar-refractivity contribution in [3.8, 4) is 0 Å². The van der Waals surface area contributed by atoms with Crippen LogP contribution in [0.15, 0.2) is 0 Å². The third-order valence-corrected chi connectivity index (χ3v) is 5.16. The van der Waals surface area contributed by atoms with Crippen LogP contribution < -0.4 is 0 Å². The van der Waals surface area contributed by atoms with E-state index in [0.29, 0.717) is 0 Å². The SMILES string of the molecule is CC(CC(O[N+](=O)[O-])[C@]1(O)CO[C@@H]2[C@@H](O)CO[C@@H]21)S(=O)(=O)O. The van der Waals surface area contributed by atoms with Gasteiger partial charge in [0.1, 0.15) is 30.0 Å². The number of ether oxygens (including phenoxy) is 2. The van der Waals surface area contributed by atoms with E-state index in [1.54, 1.807) is 0 Å². The maximum absolute atomic E-state index is 11.1. The molecule has 2 fully saturated rings. The van der Waals surface area contributed by atoms with E-state index in [-0.39, 0.29) is 6.61 Å². The smallest absolute Gasteiger partial charge is 0.294 e. The molecule has 0 bridgehead atoms. The maximum atomic E-state index is 11.1. The molecule has 2 aliphatic heterocycles. The van der Waals surface area contributed by atoms with Gasteiger partial charge in [0.25, 0.3) is 15.2 Å². The summed E-state index contributed by atoms with van der Waals surface area (Å²) >= 11 is 0. The second kappa shape index (κ2) is 5.86. The first kappa shape index (κ1) is 17.3. The fraction of sp³-hybridized carbons (Fsp3) is 1.00. The Morgan fingerprint density at radius 3 is 2.68 bits per heavy atom. The van der Waals surface area contributed by atoms with Gasteiger partial charge in [0, 0.05) is 0 Å². The number of aliphatic hydroxyl groups excluding tert-OH is 1. The molecule has 12 heteroatoms. The largest absolute Gasteiger partial charge is 0.388 e. The van der Waals surface area contributed by atoms with Gasteiger partial charge in [0.2, 0.25) is 0 Å². The molecule has 0 saturated carbocycles. The molecule has 2 rings (SSSR count). The lowest BCUT2D eigenvalue weighted by Crippen LogP contribution is -2.55. The lowest BCUT2D eigenvalue weighted by atomic mass is 9.87. The molecule has 2 aliphatic rings. The maximum Gasteiger partial charge on any atom is 0.294 e. The molecule has 22 heavy (non-hydrogen) atoms. The lowest BCUT2D eigenvalue weighted by molar-refractivity contribution is -0.773. The molecule has 2 saturated heterocycles. The van der Waals surface area contributed by atoms with Crippen molar-refractivity contribution >= 4 is 10.1 Å². The number of hydrogen-bond acceptors (Lipinski definition) is 9. The second-order valence-corrected chi connectivity index (χ2v) is 7.30. The normalized spacial score (nSPS) is 37.5. The van der Waals surface area contributed by atoms with Crippen molar-refractivity contribution in [1.82, 2.24) is 0 Å². The van der Waals surface area contributed by atoms with Crippen molar-refractivity contribution < 1.29 is 42.6 Å². The molecular formula is C10H17NO10S. The summed E-state index contributed by atoms with van der Waals surface area (Å²) in [5, 5.41) is 28.3. The van der Waals surface area contributed by atoms with Crippen molar-refractivity contribution in [3.63, 3.8) is 0 Å². The van der Waals surface area contributed by atoms with E-state index in [0.717, 1.165) is 6.92 Å². The first-order valence-corrected chi connectivity index (χ1v) is 7.97. The third kappa shape index (κ3) is 3.16. The van der Waals surface area contributed by atoms with Gasteiger partial charge in [-0.2, -0.15) is 8.42 Å². The second-order valence-electron chi connectivity index (χ2n) is 5.47. The summed E-state index contributed by atoms with van der Waals surface area (Å²) in [7, 11) is -4.47. The first-order valence-electron chi connectivity index (χ1n) is 6.47. The summed E-state index contributed by atoms with van der Waals surface area (Å²) in [4.78, 5) is 15.0. The minimum Gasteiger partial charge on any atom is -0.388 e. The van der Waals surface area contributed by atoms with Crippen LogP contribution in [0.5, 0.6) is 0 Å². The number of rotatable bonds is 6. The zero-order chi connectivity index (χ0) is 16.7. The predicted molar refractivity (Wildman–Crippen MR) is 67.9 cm³/mol. The van der Waals surface area contributed by atoms with Crippen molar-refractivity contribution in [2.24, 2.45) is 0 Å². The van der Waals surface area contributed by atoms with Crippen LogP contribution in [-0.2, 0) is 24.4 Å². The van der Waals surface area contributed by atoms with Crippen molar-refractivity contribution in [3.05, 3.63) is 10.1 Å². The first-order chi connectivity index (χ1) is 10.1. The van der Waals surface area contributed by atoms with Crippen LogP contribution in [0.1, 0.15) is 13.3 Å². The van der Waals surface area contributed by atoms with Gasteiger partial charge in [-0.05, 0) is 13.3 Å². The Labute approximate surface area is 125 Å². The predicted octanol–water partition coefficient (Wildman–Crippen LogP) is -1.88. The average Bonchev–Trinajstić information content (AvgIpc) is 2.90. The topological polar surface area (TPSA) is 166 Å². The highest BCUT2D eigenvalue weighted by Crippen LogP contribution is 2.39. The molecule has 6 atom stereocenters. The Kier molecular flexibility index (Phi) is 4.61. The lowest BCUT2D eigenvalue weighted by Gasteiger charge is -2.34. The summed E-state index contributed by atoms with van der Waals surface area (Å²) in [6.45, 7) is 0.555. The van der Waals surface area contributed by atoms with Crippen molar-refractivity contribution in [2.45, 2.75) is 48.6 Å². The summed E-state index contributed by atoms with van der Waals surface area (Å²) in [6, 6.07) is 0. The van der Waals surface area contributed by atoms with Crippen LogP contribution in [0.25, 0.3) is 0 Å². The summed E-state index contributed by atoms with van der Waals surface area (Å²) in [5.41, 5.74) is -2.02. The third-order valence-electron chi connectivity index (χ3n) is 3.95. The van der Waals surface area contributed by atoms with Gasteiger partial charge in [-0.1, -0.05) is 0 Å². The molecule has 3 N–H and O–H groups in total. The molecule has 2 unspecified atom stereocenters. The number of hydrogen-bond donors (Lipinski definition) is 3. The van der Waals surface area contributed by atoms with Gasteiger partial charge in [0.05, 0.1) is 18.5 Å². The molecule has 0 aromatic carbocycles. The van der Waals surface area contributed by atoms with Crippen LogP contribution in [0.4, 0.5) is 0 Å². The van der Waals surface area contributed by atoms with Gasteiger partial charge in [-0.3, -0.25) is 4.55 Å². The van der Waals surface area contributed by atoms with Gasteiger partial charge in [-0.25, -0.2) is 0 Å². The minimum absolute atomic E-state index is 0.128. The Morgan fingerprint density at radius 2 is 2.14 bits per heavy atom. The van der Waals surface area contributed by atoms with Crippen molar-refractivity contribution in [1.29, 1.82) is 0 Å². The standard InChI is InChI=1S/C10H17NO10S/c1-5(22(16,17)18)2-7(21-11(14)15)10(13)4-20-8-6(12)3-19-9(8)10/h5-9,12-13H,2-4H2,1H3,(H,16,17,18)/t5?,6-,7?,8+,9-,10+/m0/s1. The van der Waals surface area contributed by atoms with E-state index in [1.165, 1.54) is 0 Å². The van der Waals surface area contributed by atoms with E-state index >= 15 is 0 Å². The molecule has 0 radical (unpaired) electrons. The van der Waals surface area contributed by atoms with Crippen molar-refractivity contribution in [2.75, 3.05) is 13.2 Å². The zero-order valence-corrected chi connectivity index (χ0v) is 12.4. The summed E-state index contributed by atoms with van der Waals surface area (Å²) in [5.74, 6) is 0. The molecule has 0 aromatic rings. The van der Waals surface area contributed by atoms with E-state index in [4.69, 9.17) is 14.0 Å². The molecule has 2 heterocycles. The van der Waals surface area contributed by atoms with E-state index in [9.17, 15) is 28.7 Å². The minimum atomic E-state index is -4.47. The highest BCUT2D eigenvalue weighted by molar-refractivity contribution is 7.86. The molecule has 11 nitrogen and oxygen atoms in total. The quantitative estimate of drug-likeness (QED) is 0.282. The number of nitrogens with zero attached hydrogens (tertiary/aromatic N) is 1. The van der Waals surface area contributed by atoms with Crippen LogP contribution in [-0.4, -0.2) is 76.8 Å². The summed E-state index contributed by atoms with van der Waals surface area (Å²) in [6.07, 6.45) is -5.15. The molecule has 0 spiro atoms. The van der Waals surface area contributed by atoms with Gasteiger partial charge < -0.3 is 24.5 Å². The van der Waals surface area contributed by atoms with E-state index in [2.05, 4.69) is 4.84 Å². The fourth-order valence-corrected chi connectivity index (χ4v) is 3.09. The van der Waals surface area contributed by atoms with Gasteiger partial charge in [-0.15, -0.1) is 10.1 Å². The van der Waals surface area contributed by atoms with Gasteiger partial charge >= 0.3 is 0 Å². The monoisotopic (exact) mass is 343 g/mol. The molecule has 0 aliphatic carbocycles. The van der Waals surface area contributed by atoms with Crippen LogP contribution in [0.2, 0.25) is 0 Å². The van der Waals surface area contributed by atoms with E-state index in [1.807, 2.05) is 0 Å². The average molecular weight is 343 g/mol. The zero-order valence-electron chi connectivity index (χ0n) is 11.6. The number of aliphatic hydroxyl groups is 2. The van der Waals surface area contributed by atoms with Crippen LogP contribution in [0.3, 0.4) is 0 Å².